The number of hydrogen-bond donors (Lipinski definition) is 2. The maximum atomic E-state index is 12.8. The lowest BCUT2D eigenvalue weighted by atomic mass is 10.0. The number of nitrogens with one attached hydrogen (secondary N) is 1. The fourth-order valence-corrected chi connectivity index (χ4v) is 1.94. The van der Waals surface area contributed by atoms with Crippen LogP contribution < -0.4 is 5.32 Å². The van der Waals surface area contributed by atoms with Gasteiger partial charge in [0.15, 0.2) is 0 Å². The predicted molar refractivity (Wildman–Crippen MR) is 69.2 cm³/mol. The van der Waals surface area contributed by atoms with Gasteiger partial charge in [-0.3, -0.25) is 4.79 Å². The van der Waals surface area contributed by atoms with E-state index in [2.05, 4.69) is 5.32 Å². The molecule has 0 radical (unpaired) electrons. The van der Waals surface area contributed by atoms with Crippen molar-refractivity contribution >= 4 is 5.91 Å². The largest absolute Gasteiger partial charge is 0.417 e. The van der Waals surface area contributed by atoms with Crippen molar-refractivity contribution in [2.45, 2.75) is 32.5 Å². The molecule has 0 aliphatic carbocycles. The number of carbonyl (C=O) groups is 1. The highest BCUT2D eigenvalue weighted by Gasteiger charge is 2.35. The van der Waals surface area contributed by atoms with Crippen LogP contribution in [0.4, 0.5) is 13.2 Å². The summed E-state index contributed by atoms with van der Waals surface area (Å²) in [4.78, 5) is 11.9. The molecule has 1 aromatic carbocycles. The second kappa shape index (κ2) is 6.74. The summed E-state index contributed by atoms with van der Waals surface area (Å²) in [6.07, 6.45) is -4.09. The Kier molecular flexibility index (Phi) is 5.56. The average molecular weight is 289 g/mol. The molecule has 0 saturated heterocycles. The zero-order valence-electron chi connectivity index (χ0n) is 11.4. The van der Waals surface area contributed by atoms with Gasteiger partial charge in [-0.15, -0.1) is 0 Å². The molecule has 0 bridgehead atoms. The maximum Gasteiger partial charge on any atom is 0.417 e. The van der Waals surface area contributed by atoms with Crippen molar-refractivity contribution in [3.05, 3.63) is 35.4 Å². The van der Waals surface area contributed by atoms with E-state index in [-0.39, 0.29) is 12.5 Å². The molecular weight excluding hydrogens is 271 g/mol. The van der Waals surface area contributed by atoms with Gasteiger partial charge in [-0.1, -0.05) is 26.0 Å². The Labute approximate surface area is 115 Å². The van der Waals surface area contributed by atoms with Crippen LogP contribution >= 0.6 is 0 Å². The Morgan fingerprint density at radius 1 is 1.30 bits per heavy atom. The molecular formula is C14H18F3NO2. The average Bonchev–Trinajstić information content (AvgIpc) is 2.36. The summed E-state index contributed by atoms with van der Waals surface area (Å²) in [7, 11) is 0. The van der Waals surface area contributed by atoms with Gasteiger partial charge in [-0.2, -0.15) is 13.2 Å². The first kappa shape index (κ1) is 16.5. The topological polar surface area (TPSA) is 49.3 Å². The molecule has 0 aliphatic rings. The molecule has 112 valence electrons. The van der Waals surface area contributed by atoms with Crippen LogP contribution in [0.2, 0.25) is 0 Å². The fraction of sp³-hybridized carbons (Fsp3) is 0.500. The van der Waals surface area contributed by atoms with Crippen LogP contribution in [0.5, 0.6) is 0 Å². The first-order valence-corrected chi connectivity index (χ1v) is 6.33. The Hall–Kier alpha value is -1.56. The molecule has 0 aromatic heterocycles. The van der Waals surface area contributed by atoms with E-state index in [9.17, 15) is 18.0 Å². The number of amides is 1. The normalized spacial score (nSPS) is 13.3. The van der Waals surface area contributed by atoms with Gasteiger partial charge in [0.05, 0.1) is 23.8 Å². The monoisotopic (exact) mass is 289 g/mol. The Morgan fingerprint density at radius 3 is 2.40 bits per heavy atom. The van der Waals surface area contributed by atoms with Crippen molar-refractivity contribution in [3.63, 3.8) is 0 Å². The third kappa shape index (κ3) is 4.52. The van der Waals surface area contributed by atoms with Gasteiger partial charge in [0, 0.05) is 0 Å². The predicted octanol–water partition coefficient (Wildman–Crippen LogP) is 2.84. The molecule has 20 heavy (non-hydrogen) atoms. The molecule has 0 fully saturated rings. The van der Waals surface area contributed by atoms with Crippen molar-refractivity contribution in [3.8, 4) is 0 Å². The van der Waals surface area contributed by atoms with Gasteiger partial charge in [0.25, 0.3) is 5.91 Å². The zero-order valence-corrected chi connectivity index (χ0v) is 11.4. The number of aliphatic hydroxyl groups excluding tert-OH is 1. The van der Waals surface area contributed by atoms with Gasteiger partial charge >= 0.3 is 6.18 Å². The quantitative estimate of drug-likeness (QED) is 0.875. The van der Waals surface area contributed by atoms with Crippen LogP contribution in [0.25, 0.3) is 0 Å². The van der Waals surface area contributed by atoms with E-state index in [1.165, 1.54) is 12.1 Å². The van der Waals surface area contributed by atoms with Crippen LogP contribution in [-0.4, -0.2) is 23.7 Å². The second-order valence-corrected chi connectivity index (χ2v) is 5.03. The van der Waals surface area contributed by atoms with Crippen LogP contribution in [-0.2, 0) is 6.18 Å². The smallest absolute Gasteiger partial charge is 0.394 e. The molecule has 0 heterocycles. The number of aliphatic hydroxyl groups is 1. The molecule has 1 unspecified atom stereocenters. The summed E-state index contributed by atoms with van der Waals surface area (Å²) in [5, 5.41) is 11.6. The molecule has 0 aliphatic heterocycles. The first-order valence-electron chi connectivity index (χ1n) is 6.33. The van der Waals surface area contributed by atoms with Crippen molar-refractivity contribution in [2.75, 3.05) is 6.61 Å². The summed E-state index contributed by atoms with van der Waals surface area (Å²) in [5.74, 6) is -0.608. The highest BCUT2D eigenvalue weighted by atomic mass is 19.4. The number of alkyl halides is 3. The minimum absolute atomic E-state index is 0.213. The first-order chi connectivity index (χ1) is 9.25. The van der Waals surface area contributed by atoms with Gasteiger partial charge in [-0.05, 0) is 24.5 Å². The summed E-state index contributed by atoms with van der Waals surface area (Å²) in [6, 6.07) is 4.05. The SMILES string of the molecule is CC(C)CC(CO)NC(=O)c1ccccc1C(F)(F)F. The summed E-state index contributed by atoms with van der Waals surface area (Å²) in [5.41, 5.74) is -1.40. The van der Waals surface area contributed by atoms with Crippen LogP contribution in [0.3, 0.4) is 0 Å². The minimum Gasteiger partial charge on any atom is -0.394 e. The van der Waals surface area contributed by atoms with Crippen molar-refractivity contribution in [1.29, 1.82) is 0 Å². The maximum absolute atomic E-state index is 12.8. The van der Waals surface area contributed by atoms with Gasteiger partial charge in [-0.25, -0.2) is 0 Å². The fourth-order valence-electron chi connectivity index (χ4n) is 1.94. The molecule has 1 rings (SSSR count). The lowest BCUT2D eigenvalue weighted by Gasteiger charge is -2.19. The Morgan fingerprint density at radius 2 is 1.90 bits per heavy atom. The lowest BCUT2D eigenvalue weighted by Crippen LogP contribution is -2.39. The third-order valence-corrected chi connectivity index (χ3v) is 2.79. The molecule has 3 nitrogen and oxygen atoms in total. The number of carbonyl (C=O) groups excluding carboxylic acids is 1. The summed E-state index contributed by atoms with van der Waals surface area (Å²) in [6.45, 7) is 3.50. The standard InChI is InChI=1S/C14H18F3NO2/c1-9(2)7-10(8-19)18-13(20)11-5-3-4-6-12(11)14(15,16)17/h3-6,9-10,19H,7-8H2,1-2H3,(H,18,20). The van der Waals surface area contributed by atoms with E-state index in [1.54, 1.807) is 0 Å². The van der Waals surface area contributed by atoms with Crippen molar-refractivity contribution in [1.82, 2.24) is 5.32 Å². The molecule has 0 spiro atoms. The van der Waals surface area contributed by atoms with Gasteiger partial charge < -0.3 is 10.4 Å². The van der Waals surface area contributed by atoms with Gasteiger partial charge in [0.1, 0.15) is 0 Å². The zero-order chi connectivity index (χ0) is 15.3. The third-order valence-electron chi connectivity index (χ3n) is 2.79. The van der Waals surface area contributed by atoms with E-state index in [0.29, 0.717) is 6.42 Å². The summed E-state index contributed by atoms with van der Waals surface area (Å²) >= 11 is 0. The molecule has 1 aromatic rings. The highest BCUT2D eigenvalue weighted by Crippen LogP contribution is 2.31. The lowest BCUT2D eigenvalue weighted by molar-refractivity contribution is -0.137. The number of halogens is 3. The number of hydrogen-bond acceptors (Lipinski definition) is 2. The van der Waals surface area contributed by atoms with Crippen LogP contribution in [0.1, 0.15) is 36.2 Å². The van der Waals surface area contributed by atoms with Crippen LogP contribution in [0, 0.1) is 5.92 Å². The second-order valence-electron chi connectivity index (χ2n) is 5.03. The van der Waals surface area contributed by atoms with E-state index in [4.69, 9.17) is 5.11 Å². The molecule has 2 N–H and O–H groups in total. The van der Waals surface area contributed by atoms with Crippen LogP contribution in [0.15, 0.2) is 24.3 Å². The minimum atomic E-state index is -4.58. The number of benzene rings is 1. The Bertz CT molecular complexity index is 458. The molecule has 0 saturated carbocycles. The Balaban J connectivity index is 2.93. The molecule has 1 atom stereocenters. The van der Waals surface area contributed by atoms with Crippen molar-refractivity contribution < 1.29 is 23.1 Å². The van der Waals surface area contributed by atoms with E-state index >= 15 is 0 Å². The molecule has 6 heteroatoms. The number of rotatable bonds is 5. The van der Waals surface area contributed by atoms with Crippen molar-refractivity contribution in [2.24, 2.45) is 5.92 Å². The highest BCUT2D eigenvalue weighted by molar-refractivity contribution is 5.96. The van der Waals surface area contributed by atoms with E-state index < -0.39 is 29.3 Å². The molecule has 1 amide bonds. The van der Waals surface area contributed by atoms with E-state index in [0.717, 1.165) is 12.1 Å². The van der Waals surface area contributed by atoms with Gasteiger partial charge in [0.2, 0.25) is 0 Å². The van der Waals surface area contributed by atoms with E-state index in [1.807, 2.05) is 13.8 Å². The summed E-state index contributed by atoms with van der Waals surface area (Å²) < 4.78 is 38.4.